The lowest BCUT2D eigenvalue weighted by atomic mass is 10.0. The fraction of sp³-hybridized carbons (Fsp3) is 0.294. The molecule has 4 nitrogen and oxygen atoms in total. The quantitative estimate of drug-likeness (QED) is 0.857. The summed E-state index contributed by atoms with van der Waals surface area (Å²) in [6, 6.07) is 13.5. The Labute approximate surface area is 123 Å². The predicted octanol–water partition coefficient (Wildman–Crippen LogP) is 2.75. The van der Waals surface area contributed by atoms with E-state index in [0.717, 1.165) is 16.3 Å². The highest BCUT2D eigenvalue weighted by atomic mass is 16.4. The second kappa shape index (κ2) is 6.88. The molecular weight excluding hydrogens is 266 g/mol. The maximum Gasteiger partial charge on any atom is 0.305 e. The first-order valence-electron chi connectivity index (χ1n) is 7.08. The van der Waals surface area contributed by atoms with Crippen LogP contribution in [0.1, 0.15) is 25.3 Å². The summed E-state index contributed by atoms with van der Waals surface area (Å²) >= 11 is 0. The lowest BCUT2D eigenvalue weighted by Gasteiger charge is -2.15. The van der Waals surface area contributed by atoms with Gasteiger partial charge >= 0.3 is 5.97 Å². The van der Waals surface area contributed by atoms with E-state index in [9.17, 15) is 9.59 Å². The Morgan fingerprint density at radius 2 is 1.86 bits per heavy atom. The number of benzene rings is 2. The standard InChI is InChI=1S/C17H19NO3/c1-2-14(11-17(20)21)18-16(19)10-13-8-5-7-12-6-3-4-9-15(12)13/h3-9,14H,2,10-11H2,1H3,(H,18,19)(H,20,21). The Kier molecular flexibility index (Phi) is 4.93. The fourth-order valence-corrected chi connectivity index (χ4v) is 2.41. The van der Waals surface area contributed by atoms with E-state index in [1.807, 2.05) is 49.4 Å². The SMILES string of the molecule is CCC(CC(=O)O)NC(=O)Cc1cccc2ccccc12. The van der Waals surface area contributed by atoms with E-state index in [0.29, 0.717) is 6.42 Å². The van der Waals surface area contributed by atoms with Crippen LogP contribution in [0.15, 0.2) is 42.5 Å². The van der Waals surface area contributed by atoms with Crippen molar-refractivity contribution in [2.24, 2.45) is 0 Å². The highest BCUT2D eigenvalue weighted by molar-refractivity contribution is 5.90. The minimum Gasteiger partial charge on any atom is -0.481 e. The van der Waals surface area contributed by atoms with E-state index >= 15 is 0 Å². The number of carbonyl (C=O) groups excluding carboxylic acids is 1. The Hall–Kier alpha value is -2.36. The molecule has 0 spiro atoms. The minimum atomic E-state index is -0.896. The van der Waals surface area contributed by atoms with Gasteiger partial charge in [0.25, 0.3) is 0 Å². The van der Waals surface area contributed by atoms with E-state index in [-0.39, 0.29) is 24.8 Å². The summed E-state index contributed by atoms with van der Waals surface area (Å²) < 4.78 is 0. The van der Waals surface area contributed by atoms with Crippen molar-refractivity contribution in [2.45, 2.75) is 32.2 Å². The fourth-order valence-electron chi connectivity index (χ4n) is 2.41. The van der Waals surface area contributed by atoms with E-state index in [1.165, 1.54) is 0 Å². The highest BCUT2D eigenvalue weighted by Gasteiger charge is 2.14. The zero-order valence-electron chi connectivity index (χ0n) is 12.0. The van der Waals surface area contributed by atoms with E-state index in [4.69, 9.17) is 5.11 Å². The van der Waals surface area contributed by atoms with Crippen molar-refractivity contribution < 1.29 is 14.7 Å². The molecule has 0 aliphatic carbocycles. The first kappa shape index (κ1) is 15.0. The minimum absolute atomic E-state index is 0.0439. The molecule has 0 bridgehead atoms. The molecule has 0 heterocycles. The number of aliphatic carboxylic acids is 1. The van der Waals surface area contributed by atoms with Gasteiger partial charge in [-0.1, -0.05) is 49.4 Å². The summed E-state index contributed by atoms with van der Waals surface area (Å²) in [5.41, 5.74) is 0.954. The van der Waals surface area contributed by atoms with Gasteiger partial charge in [0.15, 0.2) is 0 Å². The molecule has 2 aromatic rings. The van der Waals surface area contributed by atoms with Crippen molar-refractivity contribution in [1.82, 2.24) is 5.32 Å². The van der Waals surface area contributed by atoms with Gasteiger partial charge in [-0.15, -0.1) is 0 Å². The molecule has 4 heteroatoms. The number of amides is 1. The summed E-state index contributed by atoms with van der Waals surface area (Å²) in [6.45, 7) is 1.87. The van der Waals surface area contributed by atoms with Gasteiger partial charge in [-0.2, -0.15) is 0 Å². The molecule has 2 N–H and O–H groups in total. The van der Waals surface area contributed by atoms with E-state index in [1.54, 1.807) is 0 Å². The molecule has 0 aliphatic rings. The van der Waals surface area contributed by atoms with Crippen LogP contribution in [0.3, 0.4) is 0 Å². The number of carbonyl (C=O) groups is 2. The van der Waals surface area contributed by atoms with Crippen LogP contribution in [-0.2, 0) is 16.0 Å². The Morgan fingerprint density at radius 1 is 1.14 bits per heavy atom. The summed E-state index contributed by atoms with van der Waals surface area (Å²) in [5, 5.41) is 13.8. The van der Waals surface area contributed by atoms with Crippen molar-refractivity contribution >= 4 is 22.6 Å². The topological polar surface area (TPSA) is 66.4 Å². The predicted molar refractivity (Wildman–Crippen MR) is 82.1 cm³/mol. The molecule has 0 fully saturated rings. The third kappa shape index (κ3) is 4.05. The van der Waals surface area contributed by atoms with Crippen molar-refractivity contribution in [3.05, 3.63) is 48.0 Å². The number of carboxylic acid groups (broad SMARTS) is 1. The van der Waals surface area contributed by atoms with Crippen LogP contribution in [0.2, 0.25) is 0 Å². The third-order valence-electron chi connectivity index (χ3n) is 3.51. The summed E-state index contributed by atoms with van der Waals surface area (Å²) in [7, 11) is 0. The Morgan fingerprint density at radius 3 is 2.57 bits per heavy atom. The van der Waals surface area contributed by atoms with Crippen molar-refractivity contribution in [2.75, 3.05) is 0 Å². The third-order valence-corrected chi connectivity index (χ3v) is 3.51. The smallest absolute Gasteiger partial charge is 0.305 e. The summed E-state index contributed by atoms with van der Waals surface area (Å²) in [4.78, 5) is 22.8. The van der Waals surface area contributed by atoms with Gasteiger partial charge in [0.1, 0.15) is 0 Å². The Bertz CT molecular complexity index is 646. The van der Waals surface area contributed by atoms with Crippen molar-refractivity contribution in [3.63, 3.8) is 0 Å². The maximum absolute atomic E-state index is 12.1. The first-order chi connectivity index (χ1) is 10.1. The van der Waals surface area contributed by atoms with Gasteiger partial charge < -0.3 is 10.4 Å². The van der Waals surface area contributed by atoms with Crippen LogP contribution in [0.25, 0.3) is 10.8 Å². The molecule has 110 valence electrons. The first-order valence-corrected chi connectivity index (χ1v) is 7.08. The molecule has 0 saturated heterocycles. The maximum atomic E-state index is 12.1. The molecule has 2 rings (SSSR count). The largest absolute Gasteiger partial charge is 0.481 e. The Balaban J connectivity index is 2.09. The van der Waals surface area contributed by atoms with Gasteiger partial charge in [-0.3, -0.25) is 9.59 Å². The lowest BCUT2D eigenvalue weighted by molar-refractivity contribution is -0.137. The van der Waals surface area contributed by atoms with E-state index in [2.05, 4.69) is 5.32 Å². The molecular formula is C17H19NO3. The molecule has 1 atom stereocenters. The van der Waals surface area contributed by atoms with E-state index < -0.39 is 5.97 Å². The van der Waals surface area contributed by atoms with Gasteiger partial charge in [-0.25, -0.2) is 0 Å². The van der Waals surface area contributed by atoms with Gasteiger partial charge in [0, 0.05) is 6.04 Å². The average molecular weight is 285 g/mol. The molecule has 0 saturated carbocycles. The lowest BCUT2D eigenvalue weighted by Crippen LogP contribution is -2.36. The zero-order valence-corrected chi connectivity index (χ0v) is 12.0. The van der Waals surface area contributed by atoms with Crippen molar-refractivity contribution in [1.29, 1.82) is 0 Å². The summed E-state index contributed by atoms with van der Waals surface area (Å²) in [6.07, 6.45) is 0.822. The number of rotatable bonds is 6. The monoisotopic (exact) mass is 285 g/mol. The number of fused-ring (bicyclic) bond motifs is 1. The number of carboxylic acids is 1. The van der Waals surface area contributed by atoms with Gasteiger partial charge in [0.2, 0.25) is 5.91 Å². The van der Waals surface area contributed by atoms with Gasteiger partial charge in [-0.05, 0) is 22.8 Å². The molecule has 0 radical (unpaired) electrons. The van der Waals surface area contributed by atoms with Crippen LogP contribution in [-0.4, -0.2) is 23.0 Å². The number of hydrogen-bond donors (Lipinski definition) is 2. The molecule has 0 aliphatic heterocycles. The molecule has 2 aromatic carbocycles. The van der Waals surface area contributed by atoms with Crippen LogP contribution >= 0.6 is 0 Å². The molecule has 1 amide bonds. The zero-order chi connectivity index (χ0) is 15.2. The summed E-state index contributed by atoms with van der Waals surface area (Å²) in [5.74, 6) is -1.04. The van der Waals surface area contributed by atoms with Gasteiger partial charge in [0.05, 0.1) is 12.8 Å². The van der Waals surface area contributed by atoms with Crippen molar-refractivity contribution in [3.8, 4) is 0 Å². The second-order valence-corrected chi connectivity index (χ2v) is 5.09. The molecule has 0 aromatic heterocycles. The molecule has 21 heavy (non-hydrogen) atoms. The van der Waals surface area contributed by atoms with Crippen LogP contribution in [0, 0.1) is 0 Å². The van der Waals surface area contributed by atoms with Crippen LogP contribution < -0.4 is 5.32 Å². The van der Waals surface area contributed by atoms with Crippen LogP contribution in [0.4, 0.5) is 0 Å². The van der Waals surface area contributed by atoms with Crippen LogP contribution in [0.5, 0.6) is 0 Å². The highest BCUT2D eigenvalue weighted by Crippen LogP contribution is 2.18. The average Bonchev–Trinajstić information content (AvgIpc) is 2.46. The normalized spacial score (nSPS) is 12.0. The molecule has 1 unspecified atom stereocenters. The number of nitrogens with one attached hydrogen (secondary N) is 1. The number of hydrogen-bond acceptors (Lipinski definition) is 2. The second-order valence-electron chi connectivity index (χ2n) is 5.09.